The van der Waals surface area contributed by atoms with E-state index in [0.717, 1.165) is 0 Å². The molecule has 2 unspecified atom stereocenters. The van der Waals surface area contributed by atoms with Crippen LogP contribution in [0.2, 0.25) is 0 Å². The van der Waals surface area contributed by atoms with E-state index in [9.17, 15) is 0 Å². The van der Waals surface area contributed by atoms with Gasteiger partial charge in [0.1, 0.15) is 19.0 Å². The first-order valence-electron chi connectivity index (χ1n) is 5.06. The van der Waals surface area contributed by atoms with Gasteiger partial charge in [0.15, 0.2) is 0 Å². The Kier molecular flexibility index (Phi) is 4.67. The summed E-state index contributed by atoms with van der Waals surface area (Å²) in [4.78, 5) is 3.83. The van der Waals surface area contributed by atoms with Crippen molar-refractivity contribution in [2.75, 3.05) is 13.8 Å². The number of hydrogen-bond donors (Lipinski definition) is 1. The summed E-state index contributed by atoms with van der Waals surface area (Å²) >= 11 is 0. The van der Waals surface area contributed by atoms with E-state index in [1.807, 2.05) is 36.2 Å². The van der Waals surface area contributed by atoms with E-state index in [-0.39, 0.29) is 12.3 Å². The predicted molar refractivity (Wildman–Crippen MR) is 61.7 cm³/mol. The summed E-state index contributed by atoms with van der Waals surface area (Å²) in [6.45, 7) is 4.09. The monoisotopic (exact) mass is 223 g/mol. The number of rotatable bonds is 4. The van der Waals surface area contributed by atoms with Crippen molar-refractivity contribution in [1.82, 2.24) is 9.80 Å². The summed E-state index contributed by atoms with van der Waals surface area (Å²) in [7, 11) is 1.90. The molecule has 16 heavy (non-hydrogen) atoms. The lowest BCUT2D eigenvalue weighted by Gasteiger charge is -2.26. The molecule has 0 saturated heterocycles. The molecule has 0 aromatic rings. The fraction of sp³-hybridized carbons (Fsp3) is 0.545. The van der Waals surface area contributed by atoms with Gasteiger partial charge >= 0.3 is 0 Å². The third kappa shape index (κ3) is 3.17. The molecule has 1 rings (SSSR count). The number of ether oxygens (including phenoxy) is 1. The topological polar surface area (TPSA) is 48.3 Å². The van der Waals surface area contributed by atoms with Crippen LogP contribution in [0.4, 0.5) is 0 Å². The lowest BCUT2D eigenvalue weighted by molar-refractivity contribution is 0.0148. The van der Waals surface area contributed by atoms with Crippen LogP contribution in [0.25, 0.3) is 0 Å². The van der Waals surface area contributed by atoms with Gasteiger partial charge in [-0.3, -0.25) is 0 Å². The van der Waals surface area contributed by atoms with Crippen molar-refractivity contribution in [3.63, 3.8) is 0 Å². The van der Waals surface area contributed by atoms with E-state index in [1.54, 1.807) is 6.92 Å². The molecule has 0 aromatic heterocycles. The van der Waals surface area contributed by atoms with Crippen molar-refractivity contribution < 1.29 is 9.94 Å². The highest BCUT2D eigenvalue weighted by Gasteiger charge is 2.22. The van der Waals surface area contributed by atoms with Crippen LogP contribution in [0, 0.1) is 11.8 Å². The molecule has 0 spiro atoms. The molecule has 1 aliphatic heterocycles. The first-order valence-corrected chi connectivity index (χ1v) is 5.06. The van der Waals surface area contributed by atoms with Crippen LogP contribution in [-0.2, 0) is 4.74 Å². The summed E-state index contributed by atoms with van der Waals surface area (Å²) in [6, 6.07) is 0. The molecule has 0 radical (unpaired) electrons. The zero-order chi connectivity index (χ0) is 12.0. The molecule has 88 valence electrons. The van der Waals surface area contributed by atoms with Crippen LogP contribution >= 0.6 is 0 Å². The van der Waals surface area contributed by atoms with Gasteiger partial charge in [0, 0.05) is 19.4 Å². The van der Waals surface area contributed by atoms with E-state index in [4.69, 9.17) is 9.94 Å². The van der Waals surface area contributed by atoms with E-state index >= 15 is 0 Å². The van der Waals surface area contributed by atoms with Crippen molar-refractivity contribution in [3.8, 4) is 11.8 Å². The number of nitrogens with zero attached hydrogens (tertiary/aromatic N) is 3. The first kappa shape index (κ1) is 12.4. The molecule has 0 amide bonds. The van der Waals surface area contributed by atoms with E-state index in [2.05, 4.69) is 17.0 Å². The minimum Gasteiger partial charge on any atom is -0.411 e. The lowest BCUT2D eigenvalue weighted by atomic mass is 10.4. The Bertz CT molecular complexity index is 330. The molecule has 5 nitrogen and oxygen atoms in total. The SMILES string of the molecule is CC#CC(C)OCN1C=CN(C)C1/C=N\O. The Morgan fingerprint density at radius 1 is 1.62 bits per heavy atom. The minimum absolute atomic E-state index is 0.101. The fourth-order valence-electron chi connectivity index (χ4n) is 1.41. The van der Waals surface area contributed by atoms with E-state index in [1.165, 1.54) is 6.21 Å². The molecule has 0 fully saturated rings. The molecule has 1 aliphatic rings. The summed E-state index contributed by atoms with van der Waals surface area (Å²) < 4.78 is 5.52. The van der Waals surface area contributed by atoms with Gasteiger partial charge in [0.25, 0.3) is 0 Å². The molecule has 1 N–H and O–H groups in total. The Labute approximate surface area is 96.0 Å². The van der Waals surface area contributed by atoms with Crippen molar-refractivity contribution in [2.45, 2.75) is 26.1 Å². The maximum absolute atomic E-state index is 8.55. The Balaban J connectivity index is 2.46. The summed E-state index contributed by atoms with van der Waals surface area (Å²) in [5.74, 6) is 5.71. The smallest absolute Gasteiger partial charge is 0.142 e. The van der Waals surface area contributed by atoms with Gasteiger partial charge in [-0.15, -0.1) is 5.92 Å². The highest BCUT2D eigenvalue weighted by molar-refractivity contribution is 5.64. The lowest BCUT2D eigenvalue weighted by Crippen LogP contribution is -2.39. The summed E-state index contributed by atoms with van der Waals surface area (Å²) in [5, 5.41) is 11.6. The summed E-state index contributed by atoms with van der Waals surface area (Å²) in [5.41, 5.74) is 0. The predicted octanol–water partition coefficient (Wildman–Crippen LogP) is 0.877. The third-order valence-corrected chi connectivity index (χ3v) is 2.27. The first-order chi connectivity index (χ1) is 7.69. The number of hydrogen-bond acceptors (Lipinski definition) is 5. The van der Waals surface area contributed by atoms with Gasteiger partial charge in [-0.1, -0.05) is 11.1 Å². The van der Waals surface area contributed by atoms with Gasteiger partial charge in [-0.05, 0) is 13.8 Å². The largest absolute Gasteiger partial charge is 0.411 e. The van der Waals surface area contributed by atoms with Crippen molar-refractivity contribution >= 4 is 6.21 Å². The average molecular weight is 223 g/mol. The maximum atomic E-state index is 8.55. The van der Waals surface area contributed by atoms with Gasteiger partial charge < -0.3 is 19.7 Å². The Morgan fingerprint density at radius 3 is 3.00 bits per heavy atom. The van der Waals surface area contributed by atoms with Crippen LogP contribution in [0.3, 0.4) is 0 Å². The maximum Gasteiger partial charge on any atom is 0.142 e. The standard InChI is InChI=1S/C11H17N3O2/c1-4-5-10(2)16-9-14-7-6-13(3)11(14)8-12-15/h6-8,10-11,15H,9H2,1-3H3/b12-8-. The van der Waals surface area contributed by atoms with Crippen LogP contribution in [0.5, 0.6) is 0 Å². The normalized spacial score (nSPS) is 21.3. The highest BCUT2D eigenvalue weighted by Crippen LogP contribution is 2.12. The molecule has 1 heterocycles. The molecule has 2 atom stereocenters. The van der Waals surface area contributed by atoms with Crippen LogP contribution in [0.15, 0.2) is 17.6 Å². The zero-order valence-electron chi connectivity index (χ0n) is 9.79. The highest BCUT2D eigenvalue weighted by atomic mass is 16.5. The average Bonchev–Trinajstić information content (AvgIpc) is 2.59. The zero-order valence-corrected chi connectivity index (χ0v) is 9.79. The van der Waals surface area contributed by atoms with Crippen LogP contribution < -0.4 is 0 Å². The fourth-order valence-corrected chi connectivity index (χ4v) is 1.41. The third-order valence-electron chi connectivity index (χ3n) is 2.27. The van der Waals surface area contributed by atoms with E-state index in [0.29, 0.717) is 6.73 Å². The van der Waals surface area contributed by atoms with Gasteiger partial charge in [0.05, 0.1) is 6.21 Å². The minimum atomic E-state index is -0.105. The summed E-state index contributed by atoms with van der Waals surface area (Å²) in [6.07, 6.45) is 5.02. The Hall–Kier alpha value is -1.67. The van der Waals surface area contributed by atoms with Crippen molar-refractivity contribution in [2.24, 2.45) is 5.16 Å². The molecule has 0 saturated carbocycles. The van der Waals surface area contributed by atoms with Gasteiger partial charge in [-0.25, -0.2) is 0 Å². The number of oxime groups is 1. The molecule has 0 bridgehead atoms. The van der Waals surface area contributed by atoms with Crippen molar-refractivity contribution in [3.05, 3.63) is 12.4 Å². The van der Waals surface area contributed by atoms with E-state index < -0.39 is 0 Å². The van der Waals surface area contributed by atoms with Crippen LogP contribution in [-0.4, -0.2) is 47.3 Å². The second kappa shape index (κ2) is 6.03. The molecular weight excluding hydrogens is 206 g/mol. The molecule has 5 heteroatoms. The second-order valence-electron chi connectivity index (χ2n) is 3.49. The van der Waals surface area contributed by atoms with Gasteiger partial charge in [-0.2, -0.15) is 0 Å². The molecular formula is C11H17N3O2. The van der Waals surface area contributed by atoms with Crippen LogP contribution in [0.1, 0.15) is 13.8 Å². The molecule has 0 aliphatic carbocycles. The molecule has 0 aromatic carbocycles. The Morgan fingerprint density at radius 2 is 2.38 bits per heavy atom. The van der Waals surface area contributed by atoms with Gasteiger partial charge in [0.2, 0.25) is 0 Å². The quantitative estimate of drug-likeness (QED) is 0.332. The second-order valence-corrected chi connectivity index (χ2v) is 3.49. The van der Waals surface area contributed by atoms with Crippen molar-refractivity contribution in [1.29, 1.82) is 0 Å².